The van der Waals surface area contributed by atoms with Gasteiger partial charge in [0.05, 0.1) is 0 Å². The highest BCUT2D eigenvalue weighted by molar-refractivity contribution is 5.71. The number of alkyl halides is 3. The molecule has 0 heterocycles. The number of hydrogen-bond donors (Lipinski definition) is 0. The molecule has 0 aliphatic carbocycles. The summed E-state index contributed by atoms with van der Waals surface area (Å²) in [5.74, 6) is 0.0884. The highest BCUT2D eigenvalue weighted by atomic mass is 19.4. The van der Waals surface area contributed by atoms with Crippen molar-refractivity contribution in [1.29, 1.82) is 0 Å². The minimum Gasteiger partial charge on any atom is -0.457 e. The summed E-state index contributed by atoms with van der Waals surface area (Å²) in [5, 5.41) is 11.9. The number of ether oxygens (including phenoxy) is 2. The van der Waals surface area contributed by atoms with Crippen molar-refractivity contribution >= 4 is 0 Å². The maximum absolute atomic E-state index is 12.3. The predicted octanol–water partition coefficient (Wildman–Crippen LogP) is 6.19. The number of benzene rings is 3. The van der Waals surface area contributed by atoms with Crippen LogP contribution in [0.3, 0.4) is 0 Å². The summed E-state index contributed by atoms with van der Waals surface area (Å²) in [4.78, 5) is 0. The first-order valence-corrected chi connectivity index (χ1v) is 7.31. The van der Waals surface area contributed by atoms with E-state index in [2.05, 4.69) is 4.74 Å². The summed E-state index contributed by atoms with van der Waals surface area (Å²) in [6.07, 6.45) is -4.77. The monoisotopic (exact) mass is 345 g/mol. The quantitative estimate of drug-likeness (QED) is 0.565. The van der Waals surface area contributed by atoms with Crippen LogP contribution in [-0.4, -0.2) is 6.36 Å². The SMILES string of the molecule is [O]c1ccccc1-c1cccc(Oc2cccc(OC(F)(F)F)c2)c1. The van der Waals surface area contributed by atoms with E-state index in [0.717, 1.165) is 6.07 Å². The van der Waals surface area contributed by atoms with E-state index in [9.17, 15) is 18.3 Å². The molecule has 0 aliphatic heterocycles. The predicted molar refractivity (Wildman–Crippen MR) is 85.2 cm³/mol. The lowest BCUT2D eigenvalue weighted by molar-refractivity contribution is -0.274. The van der Waals surface area contributed by atoms with Gasteiger partial charge in [0.15, 0.2) is 5.75 Å². The van der Waals surface area contributed by atoms with Crippen molar-refractivity contribution in [2.24, 2.45) is 0 Å². The Hall–Kier alpha value is -3.15. The van der Waals surface area contributed by atoms with E-state index in [1.807, 2.05) is 0 Å². The summed E-state index contributed by atoms with van der Waals surface area (Å²) in [5.41, 5.74) is 1.17. The van der Waals surface area contributed by atoms with Crippen molar-refractivity contribution in [3.8, 4) is 34.1 Å². The topological polar surface area (TPSA) is 38.4 Å². The van der Waals surface area contributed by atoms with Crippen molar-refractivity contribution in [2.45, 2.75) is 6.36 Å². The van der Waals surface area contributed by atoms with Gasteiger partial charge in [0, 0.05) is 11.6 Å². The molecule has 0 unspecified atom stereocenters. The number of halogens is 3. The first kappa shape index (κ1) is 16.7. The summed E-state index contributed by atoms with van der Waals surface area (Å²) in [6, 6.07) is 18.5. The van der Waals surface area contributed by atoms with Gasteiger partial charge in [-0.3, -0.25) is 5.11 Å². The van der Waals surface area contributed by atoms with E-state index in [4.69, 9.17) is 4.74 Å². The third-order valence-corrected chi connectivity index (χ3v) is 3.31. The Morgan fingerprint density at radius 2 is 1.36 bits per heavy atom. The number of hydrogen-bond acceptors (Lipinski definition) is 2. The second-order valence-corrected chi connectivity index (χ2v) is 5.15. The smallest absolute Gasteiger partial charge is 0.457 e. The zero-order chi connectivity index (χ0) is 17.9. The summed E-state index contributed by atoms with van der Waals surface area (Å²) in [6.45, 7) is 0. The third kappa shape index (κ3) is 4.44. The minimum atomic E-state index is -4.77. The Bertz CT molecular complexity index is 876. The van der Waals surface area contributed by atoms with Crippen LogP contribution in [0.25, 0.3) is 11.1 Å². The minimum absolute atomic E-state index is 0.125. The van der Waals surface area contributed by atoms with E-state index in [0.29, 0.717) is 16.9 Å². The second kappa shape index (κ2) is 6.76. The molecular formula is C19H12F3O3. The van der Waals surface area contributed by atoms with E-state index in [1.54, 1.807) is 42.5 Å². The Morgan fingerprint density at radius 1 is 0.720 bits per heavy atom. The molecule has 0 amide bonds. The van der Waals surface area contributed by atoms with Crippen molar-refractivity contribution in [3.63, 3.8) is 0 Å². The van der Waals surface area contributed by atoms with Crippen LogP contribution in [0.2, 0.25) is 0 Å². The lowest BCUT2D eigenvalue weighted by Crippen LogP contribution is -2.16. The molecule has 0 N–H and O–H groups in total. The molecule has 1 radical (unpaired) electrons. The van der Waals surface area contributed by atoms with Gasteiger partial charge in [-0.1, -0.05) is 36.4 Å². The summed E-state index contributed by atoms with van der Waals surface area (Å²) >= 11 is 0. The highest BCUT2D eigenvalue weighted by Gasteiger charge is 2.31. The van der Waals surface area contributed by atoms with Crippen molar-refractivity contribution in [2.75, 3.05) is 0 Å². The van der Waals surface area contributed by atoms with E-state index in [1.165, 1.54) is 24.3 Å². The first-order valence-electron chi connectivity index (χ1n) is 7.31. The zero-order valence-electron chi connectivity index (χ0n) is 12.8. The molecule has 3 rings (SSSR count). The van der Waals surface area contributed by atoms with E-state index >= 15 is 0 Å². The van der Waals surface area contributed by atoms with E-state index < -0.39 is 6.36 Å². The number of para-hydroxylation sites is 1. The Morgan fingerprint density at radius 3 is 2.08 bits per heavy atom. The molecule has 0 atom stereocenters. The van der Waals surface area contributed by atoms with Gasteiger partial charge >= 0.3 is 6.36 Å². The summed E-state index contributed by atoms with van der Waals surface area (Å²) in [7, 11) is 0. The average Bonchev–Trinajstić information content (AvgIpc) is 2.54. The Kier molecular flexibility index (Phi) is 4.52. The molecule has 127 valence electrons. The van der Waals surface area contributed by atoms with Gasteiger partial charge in [-0.05, 0) is 35.9 Å². The van der Waals surface area contributed by atoms with Gasteiger partial charge in [-0.25, -0.2) is 0 Å². The van der Waals surface area contributed by atoms with E-state index in [-0.39, 0.29) is 17.2 Å². The van der Waals surface area contributed by atoms with Gasteiger partial charge in [0.2, 0.25) is 0 Å². The fraction of sp³-hybridized carbons (Fsp3) is 0.0526. The van der Waals surface area contributed by atoms with Crippen molar-refractivity contribution in [3.05, 3.63) is 72.8 Å². The summed E-state index contributed by atoms with van der Waals surface area (Å²) < 4.78 is 46.3. The normalized spacial score (nSPS) is 11.2. The lowest BCUT2D eigenvalue weighted by atomic mass is 10.0. The van der Waals surface area contributed by atoms with Gasteiger partial charge in [0.25, 0.3) is 0 Å². The molecule has 0 saturated heterocycles. The third-order valence-electron chi connectivity index (χ3n) is 3.31. The Balaban J connectivity index is 1.84. The molecule has 3 aromatic rings. The highest BCUT2D eigenvalue weighted by Crippen LogP contribution is 2.33. The molecule has 0 saturated carbocycles. The maximum atomic E-state index is 12.3. The van der Waals surface area contributed by atoms with Crippen LogP contribution in [0, 0.1) is 0 Å². The fourth-order valence-electron chi connectivity index (χ4n) is 2.30. The molecule has 0 aliphatic rings. The average molecular weight is 345 g/mol. The first-order chi connectivity index (χ1) is 11.9. The Labute approximate surface area is 141 Å². The van der Waals surface area contributed by atoms with Crippen LogP contribution in [0.1, 0.15) is 0 Å². The molecule has 0 spiro atoms. The maximum Gasteiger partial charge on any atom is 0.573 e. The zero-order valence-corrected chi connectivity index (χ0v) is 12.8. The molecule has 0 bridgehead atoms. The van der Waals surface area contributed by atoms with Crippen molar-refractivity contribution in [1.82, 2.24) is 0 Å². The largest absolute Gasteiger partial charge is 0.573 e. The second-order valence-electron chi connectivity index (χ2n) is 5.15. The van der Waals surface area contributed by atoms with Gasteiger partial charge in [0.1, 0.15) is 17.2 Å². The van der Waals surface area contributed by atoms with Crippen LogP contribution in [-0.2, 0) is 5.11 Å². The fourth-order valence-corrected chi connectivity index (χ4v) is 2.30. The van der Waals surface area contributed by atoms with Crippen LogP contribution in [0.15, 0.2) is 72.8 Å². The molecule has 3 nitrogen and oxygen atoms in total. The molecular weight excluding hydrogens is 333 g/mol. The molecule has 25 heavy (non-hydrogen) atoms. The van der Waals surface area contributed by atoms with Gasteiger partial charge < -0.3 is 9.47 Å². The molecule has 0 aromatic heterocycles. The lowest BCUT2D eigenvalue weighted by Gasteiger charge is -2.11. The van der Waals surface area contributed by atoms with Gasteiger partial charge in [-0.15, -0.1) is 13.2 Å². The molecule has 3 aromatic carbocycles. The van der Waals surface area contributed by atoms with Crippen LogP contribution >= 0.6 is 0 Å². The molecule has 6 heteroatoms. The number of rotatable bonds is 4. The standard InChI is InChI=1S/C19H12F3O3/c20-19(21,22)25-16-8-4-7-15(12-16)24-14-6-3-5-13(11-14)17-9-1-2-10-18(17)23/h1-12H. The van der Waals surface area contributed by atoms with Crippen LogP contribution in [0.5, 0.6) is 23.0 Å². The van der Waals surface area contributed by atoms with Crippen LogP contribution < -0.4 is 9.47 Å². The van der Waals surface area contributed by atoms with Gasteiger partial charge in [-0.2, -0.15) is 0 Å². The van der Waals surface area contributed by atoms with Crippen molar-refractivity contribution < 1.29 is 27.8 Å². The van der Waals surface area contributed by atoms with Crippen LogP contribution in [0.4, 0.5) is 13.2 Å². The molecule has 0 fully saturated rings.